The molecule has 0 saturated heterocycles. The fourth-order valence-electron chi connectivity index (χ4n) is 3.70. The molecule has 1 atom stereocenters. The standard InChI is InChI=1S/C21H23N5O/c22-12-6-13-25-15-19(23-24-25)21(27)26-14-11-17(16-7-2-1-3-8-16)18-9-4-5-10-20(18)26/h1-5,7-10,15,17H,6,11-14,22H2. The second-order valence-corrected chi connectivity index (χ2v) is 6.78. The number of amides is 1. The van der Waals surface area contributed by atoms with E-state index in [9.17, 15) is 4.79 Å². The number of nitrogens with two attached hydrogens (primary N) is 1. The van der Waals surface area contributed by atoms with Crippen molar-refractivity contribution in [3.8, 4) is 0 Å². The smallest absolute Gasteiger partial charge is 0.280 e. The van der Waals surface area contributed by atoms with Gasteiger partial charge in [0.1, 0.15) is 0 Å². The molecule has 6 nitrogen and oxygen atoms in total. The summed E-state index contributed by atoms with van der Waals surface area (Å²) >= 11 is 0. The maximum atomic E-state index is 13.1. The van der Waals surface area contributed by atoms with Gasteiger partial charge in [0.05, 0.1) is 6.20 Å². The molecule has 2 N–H and O–H groups in total. The molecule has 1 aliphatic rings. The maximum absolute atomic E-state index is 13.1. The minimum Gasteiger partial charge on any atom is -0.330 e. The van der Waals surface area contributed by atoms with Crippen LogP contribution in [-0.4, -0.2) is 34.0 Å². The summed E-state index contributed by atoms with van der Waals surface area (Å²) in [6, 6.07) is 18.6. The molecule has 1 amide bonds. The van der Waals surface area contributed by atoms with Gasteiger partial charge in [-0.3, -0.25) is 9.48 Å². The number of anilines is 1. The van der Waals surface area contributed by atoms with Gasteiger partial charge in [0.2, 0.25) is 0 Å². The first-order chi connectivity index (χ1) is 13.3. The van der Waals surface area contributed by atoms with E-state index >= 15 is 0 Å². The van der Waals surface area contributed by atoms with E-state index in [0.29, 0.717) is 31.2 Å². The molecule has 2 aromatic carbocycles. The monoisotopic (exact) mass is 361 g/mol. The molecule has 2 heterocycles. The number of nitrogens with zero attached hydrogens (tertiary/aromatic N) is 4. The van der Waals surface area contributed by atoms with Crippen molar-refractivity contribution < 1.29 is 4.79 Å². The van der Waals surface area contributed by atoms with Crippen molar-refractivity contribution >= 4 is 11.6 Å². The predicted octanol–water partition coefficient (Wildman–Crippen LogP) is 2.81. The Morgan fingerprint density at radius 3 is 2.70 bits per heavy atom. The van der Waals surface area contributed by atoms with Gasteiger partial charge >= 0.3 is 0 Å². The van der Waals surface area contributed by atoms with Gasteiger partial charge in [0.15, 0.2) is 5.69 Å². The Morgan fingerprint density at radius 2 is 1.89 bits per heavy atom. The van der Waals surface area contributed by atoms with Crippen LogP contribution < -0.4 is 10.6 Å². The van der Waals surface area contributed by atoms with Crippen molar-refractivity contribution in [3.05, 3.63) is 77.6 Å². The van der Waals surface area contributed by atoms with Crippen LogP contribution >= 0.6 is 0 Å². The molecule has 1 unspecified atom stereocenters. The van der Waals surface area contributed by atoms with Crippen molar-refractivity contribution in [2.75, 3.05) is 18.0 Å². The molecule has 0 saturated carbocycles. The Kier molecular flexibility index (Phi) is 4.98. The van der Waals surface area contributed by atoms with Gasteiger partial charge in [-0.05, 0) is 36.6 Å². The number of benzene rings is 2. The largest absolute Gasteiger partial charge is 0.330 e. The number of rotatable bonds is 5. The number of aryl methyl sites for hydroxylation is 1. The Hall–Kier alpha value is -2.99. The summed E-state index contributed by atoms with van der Waals surface area (Å²) in [5.74, 6) is 0.194. The second kappa shape index (κ2) is 7.72. The van der Waals surface area contributed by atoms with Crippen LogP contribution in [-0.2, 0) is 6.54 Å². The van der Waals surface area contributed by atoms with Crippen LogP contribution in [0.2, 0.25) is 0 Å². The Morgan fingerprint density at radius 1 is 1.11 bits per heavy atom. The van der Waals surface area contributed by atoms with Crippen LogP contribution in [0.4, 0.5) is 5.69 Å². The van der Waals surface area contributed by atoms with Crippen LogP contribution in [0.1, 0.15) is 40.4 Å². The highest BCUT2D eigenvalue weighted by Gasteiger charge is 2.30. The topological polar surface area (TPSA) is 77.0 Å². The third-order valence-corrected chi connectivity index (χ3v) is 5.04. The zero-order valence-corrected chi connectivity index (χ0v) is 15.2. The van der Waals surface area contributed by atoms with E-state index in [1.54, 1.807) is 10.9 Å². The first-order valence-corrected chi connectivity index (χ1v) is 9.34. The third-order valence-electron chi connectivity index (χ3n) is 5.04. The fourth-order valence-corrected chi connectivity index (χ4v) is 3.70. The number of carbonyl (C=O) groups excluding carboxylic acids is 1. The van der Waals surface area contributed by atoms with Gasteiger partial charge in [-0.2, -0.15) is 0 Å². The van der Waals surface area contributed by atoms with E-state index < -0.39 is 0 Å². The molecule has 4 rings (SSSR count). The van der Waals surface area contributed by atoms with Gasteiger partial charge in [-0.25, -0.2) is 0 Å². The minimum absolute atomic E-state index is 0.104. The summed E-state index contributed by atoms with van der Waals surface area (Å²) in [5.41, 5.74) is 9.33. The average molecular weight is 361 g/mol. The van der Waals surface area contributed by atoms with E-state index in [-0.39, 0.29) is 5.91 Å². The molecule has 27 heavy (non-hydrogen) atoms. The third kappa shape index (κ3) is 3.48. The van der Waals surface area contributed by atoms with E-state index in [0.717, 1.165) is 18.5 Å². The Labute approximate surface area is 158 Å². The van der Waals surface area contributed by atoms with E-state index in [1.807, 2.05) is 29.2 Å². The SMILES string of the molecule is NCCCn1cc(C(=O)N2CCC(c3ccccc3)c3ccccc32)nn1. The normalized spacial score (nSPS) is 16.2. The minimum atomic E-state index is -0.104. The highest BCUT2D eigenvalue weighted by atomic mass is 16.2. The molecule has 0 aliphatic carbocycles. The Bertz CT molecular complexity index is 921. The number of hydrogen-bond donors (Lipinski definition) is 1. The summed E-state index contributed by atoms with van der Waals surface area (Å²) in [6.07, 6.45) is 3.40. The highest BCUT2D eigenvalue weighted by molar-refractivity contribution is 6.05. The van der Waals surface area contributed by atoms with Crippen LogP contribution in [0.25, 0.3) is 0 Å². The number of fused-ring (bicyclic) bond motifs is 1. The van der Waals surface area contributed by atoms with Crippen molar-refractivity contribution in [2.24, 2.45) is 5.73 Å². The maximum Gasteiger partial charge on any atom is 0.280 e. The zero-order chi connectivity index (χ0) is 18.6. The van der Waals surface area contributed by atoms with Gasteiger partial charge < -0.3 is 10.6 Å². The van der Waals surface area contributed by atoms with Crippen molar-refractivity contribution in [1.82, 2.24) is 15.0 Å². The van der Waals surface area contributed by atoms with E-state index in [2.05, 4.69) is 40.6 Å². The fraction of sp³-hybridized carbons (Fsp3) is 0.286. The molecule has 0 fully saturated rings. The second-order valence-electron chi connectivity index (χ2n) is 6.78. The first kappa shape index (κ1) is 17.4. The van der Waals surface area contributed by atoms with Crippen molar-refractivity contribution in [3.63, 3.8) is 0 Å². The molecule has 0 spiro atoms. The van der Waals surface area contributed by atoms with E-state index in [4.69, 9.17) is 5.73 Å². The van der Waals surface area contributed by atoms with Gasteiger partial charge in [0, 0.05) is 24.7 Å². The van der Waals surface area contributed by atoms with Crippen molar-refractivity contribution in [1.29, 1.82) is 0 Å². The molecule has 1 aliphatic heterocycles. The van der Waals surface area contributed by atoms with Gasteiger partial charge in [-0.15, -0.1) is 5.10 Å². The molecular weight excluding hydrogens is 338 g/mol. The van der Waals surface area contributed by atoms with Gasteiger partial charge in [0.25, 0.3) is 5.91 Å². The summed E-state index contributed by atoms with van der Waals surface area (Å²) in [4.78, 5) is 14.9. The Balaban J connectivity index is 1.62. The summed E-state index contributed by atoms with van der Waals surface area (Å²) < 4.78 is 1.68. The number of aromatic nitrogens is 3. The lowest BCUT2D eigenvalue weighted by atomic mass is 9.84. The predicted molar refractivity (Wildman–Crippen MR) is 105 cm³/mol. The molecule has 1 aromatic heterocycles. The quantitative estimate of drug-likeness (QED) is 0.758. The van der Waals surface area contributed by atoms with E-state index in [1.165, 1.54) is 11.1 Å². The van der Waals surface area contributed by atoms with Gasteiger partial charge in [-0.1, -0.05) is 53.7 Å². The lowest BCUT2D eigenvalue weighted by Crippen LogP contribution is -2.37. The molecule has 0 bridgehead atoms. The summed E-state index contributed by atoms with van der Waals surface area (Å²) in [5, 5.41) is 8.13. The number of carbonyl (C=O) groups is 1. The lowest BCUT2D eigenvalue weighted by Gasteiger charge is -2.34. The zero-order valence-electron chi connectivity index (χ0n) is 15.2. The lowest BCUT2D eigenvalue weighted by molar-refractivity contribution is 0.0979. The molecule has 138 valence electrons. The van der Waals surface area contributed by atoms with Crippen molar-refractivity contribution in [2.45, 2.75) is 25.3 Å². The molecule has 0 radical (unpaired) electrons. The van der Waals surface area contributed by atoms with Crippen LogP contribution in [0.3, 0.4) is 0 Å². The van der Waals surface area contributed by atoms with Crippen LogP contribution in [0.5, 0.6) is 0 Å². The molecule has 3 aromatic rings. The summed E-state index contributed by atoms with van der Waals surface area (Å²) in [6.45, 7) is 1.91. The number of para-hydroxylation sites is 1. The van der Waals surface area contributed by atoms with Crippen LogP contribution in [0, 0.1) is 0 Å². The number of hydrogen-bond acceptors (Lipinski definition) is 4. The average Bonchev–Trinajstić information content (AvgIpc) is 3.20. The summed E-state index contributed by atoms with van der Waals surface area (Å²) in [7, 11) is 0. The highest BCUT2D eigenvalue weighted by Crippen LogP contribution is 2.39. The van der Waals surface area contributed by atoms with Crippen LogP contribution in [0.15, 0.2) is 60.8 Å². The molecule has 6 heteroatoms. The first-order valence-electron chi connectivity index (χ1n) is 9.34. The molecular formula is C21H23N5O.